The Hall–Kier alpha value is -0.930. The van der Waals surface area contributed by atoms with E-state index < -0.39 is 78.0 Å². The smallest absolute Gasteiger partial charge is 0.311 e. The molecule has 5 aliphatic heterocycles. The molecule has 12 nitrogen and oxygen atoms in total. The number of esters is 1. The van der Waals surface area contributed by atoms with Crippen LogP contribution in [0.2, 0.25) is 0 Å². The van der Waals surface area contributed by atoms with Crippen LogP contribution >= 0.6 is 0 Å². The number of ether oxygens (including phenoxy) is 7. The fourth-order valence-electron chi connectivity index (χ4n) is 9.26. The maximum atomic E-state index is 14.0. The Kier molecular flexibility index (Phi) is 10.3. The molecule has 5 heterocycles. The van der Waals surface area contributed by atoms with Crippen molar-refractivity contribution >= 4 is 5.97 Å². The van der Waals surface area contributed by atoms with Gasteiger partial charge in [-0.15, -0.1) is 0 Å². The number of hydrogen-bond acceptors (Lipinski definition) is 12. The van der Waals surface area contributed by atoms with Crippen molar-refractivity contribution in [1.29, 1.82) is 0 Å². The third kappa shape index (κ3) is 6.18. The zero-order chi connectivity index (χ0) is 34.1. The highest BCUT2D eigenvalue weighted by atomic mass is 16.7. The molecule has 0 aromatic heterocycles. The summed E-state index contributed by atoms with van der Waals surface area (Å²) in [5.41, 5.74) is -2.50. The molecule has 0 saturated carbocycles. The summed E-state index contributed by atoms with van der Waals surface area (Å²) in [5.74, 6) is -1.61. The van der Waals surface area contributed by atoms with Crippen molar-refractivity contribution in [3.63, 3.8) is 0 Å². The lowest BCUT2D eigenvalue weighted by Gasteiger charge is -2.49. The van der Waals surface area contributed by atoms with Gasteiger partial charge in [0.2, 0.25) is 0 Å². The van der Waals surface area contributed by atoms with E-state index in [0.717, 1.165) is 0 Å². The van der Waals surface area contributed by atoms with E-state index in [-0.39, 0.29) is 42.4 Å². The predicted molar refractivity (Wildman–Crippen MR) is 169 cm³/mol. The molecule has 266 valence electrons. The van der Waals surface area contributed by atoms with Gasteiger partial charge in [0.25, 0.3) is 0 Å². The highest BCUT2D eigenvalue weighted by Crippen LogP contribution is 2.54. The lowest BCUT2D eigenvalue weighted by Crippen LogP contribution is -2.61. The maximum Gasteiger partial charge on any atom is 0.311 e. The van der Waals surface area contributed by atoms with Crippen molar-refractivity contribution in [1.82, 2.24) is 10.2 Å². The molecule has 12 heteroatoms. The molecule has 0 aromatic rings. The van der Waals surface area contributed by atoms with Gasteiger partial charge in [0.1, 0.15) is 24.0 Å². The topological polar surface area (TPSA) is 137 Å². The Balaban J connectivity index is 1.56. The molecule has 3 N–H and O–H groups in total. The number of hydrogen-bond donors (Lipinski definition) is 3. The van der Waals surface area contributed by atoms with E-state index in [4.69, 9.17) is 33.2 Å². The molecule has 5 saturated heterocycles. The van der Waals surface area contributed by atoms with Crippen molar-refractivity contribution in [3.05, 3.63) is 0 Å². The third-order valence-electron chi connectivity index (χ3n) is 12.0. The number of methoxy groups -OCH3 is 1. The van der Waals surface area contributed by atoms with Crippen molar-refractivity contribution in [2.45, 2.75) is 166 Å². The van der Waals surface area contributed by atoms with E-state index in [0.29, 0.717) is 12.8 Å². The molecule has 0 unspecified atom stereocenters. The molecule has 0 radical (unpaired) electrons. The van der Waals surface area contributed by atoms with Gasteiger partial charge in [-0.05, 0) is 68.5 Å². The first-order valence-electron chi connectivity index (χ1n) is 17.2. The Morgan fingerprint density at radius 3 is 2.28 bits per heavy atom. The highest BCUT2D eigenvalue weighted by molar-refractivity contribution is 5.73. The third-order valence-corrected chi connectivity index (χ3v) is 12.0. The van der Waals surface area contributed by atoms with Crippen molar-refractivity contribution in [3.8, 4) is 0 Å². The van der Waals surface area contributed by atoms with Crippen LogP contribution in [0.4, 0.5) is 0 Å². The van der Waals surface area contributed by atoms with Gasteiger partial charge in [0.05, 0.1) is 41.5 Å². The summed E-state index contributed by atoms with van der Waals surface area (Å²) in [4.78, 5) is 16.0. The second kappa shape index (κ2) is 13.1. The molecule has 46 heavy (non-hydrogen) atoms. The van der Waals surface area contributed by atoms with Crippen LogP contribution in [0, 0.1) is 23.7 Å². The zero-order valence-electron chi connectivity index (χ0n) is 29.9. The number of nitrogens with zero attached hydrogens (tertiary/aromatic N) is 1. The molecule has 1 spiro atoms. The average molecular weight is 657 g/mol. The number of nitrogens with one attached hydrogen (secondary N) is 1. The number of carbonyl (C=O) groups is 1. The van der Waals surface area contributed by atoms with Crippen LogP contribution in [0.5, 0.6) is 0 Å². The number of likely N-dealkylation sites (N-methyl/N-ethyl adjacent to an activating group) is 1. The second-order valence-corrected chi connectivity index (χ2v) is 15.8. The largest absolute Gasteiger partial charge is 0.460 e. The summed E-state index contributed by atoms with van der Waals surface area (Å²) < 4.78 is 45.4. The number of aliphatic hydroxyl groups is 2. The Morgan fingerprint density at radius 2 is 1.65 bits per heavy atom. The Morgan fingerprint density at radius 1 is 0.978 bits per heavy atom. The van der Waals surface area contributed by atoms with Crippen LogP contribution in [-0.4, -0.2) is 127 Å². The van der Waals surface area contributed by atoms with Gasteiger partial charge in [0, 0.05) is 43.4 Å². The quantitative estimate of drug-likeness (QED) is 0.362. The van der Waals surface area contributed by atoms with Gasteiger partial charge in [0.15, 0.2) is 12.6 Å². The molecule has 5 aliphatic rings. The first-order valence-corrected chi connectivity index (χ1v) is 17.2. The Bertz CT molecular complexity index is 1100. The van der Waals surface area contributed by atoms with Crippen LogP contribution in [0.25, 0.3) is 0 Å². The van der Waals surface area contributed by atoms with E-state index in [9.17, 15) is 15.0 Å². The predicted octanol–water partition coefficient (Wildman–Crippen LogP) is 2.42. The first-order chi connectivity index (χ1) is 21.4. The van der Waals surface area contributed by atoms with Crippen LogP contribution in [-0.2, 0) is 38.0 Å². The molecular weight excluding hydrogens is 596 g/mol. The molecular formula is C34H60N2O10. The first kappa shape index (κ1) is 36.4. The fraction of sp³-hybridized carbons (Fsp3) is 0.971. The van der Waals surface area contributed by atoms with Crippen molar-refractivity contribution in [2.75, 3.05) is 21.2 Å². The minimum absolute atomic E-state index is 0.0604. The molecule has 0 aliphatic carbocycles. The minimum Gasteiger partial charge on any atom is -0.460 e. The SMILES string of the molecule is CO[C@]1(C)C[C@H](O[C@H]2[C@H](C)[C@@H](O[C@@H]3O[C@H](C)C[C@H](N(C)C)[C@H]3O)[C@@]3(C)C[C@@H](C)[C@]4(N[C@H](C)[C@H](OC(=O)[C@@H]2C)[C@H]4C)O3)O[C@@H](C)[C@@H]1O. The number of fused-ring (bicyclic) bond motifs is 2. The van der Waals surface area contributed by atoms with Crippen LogP contribution in [0.3, 0.4) is 0 Å². The normalized spacial score (nSPS) is 54.8. The second-order valence-electron chi connectivity index (χ2n) is 15.8. The molecule has 0 amide bonds. The fourth-order valence-corrected chi connectivity index (χ4v) is 9.26. The average Bonchev–Trinajstić information content (AvgIpc) is 3.38. The molecule has 3 bridgehead atoms. The standard InChI is InChI=1S/C34H60N2O10/c1-16-14-33(9)29(45-31-25(37)23(36(10)11)13-17(2)41-31)18(3)26(43-24-15-32(8,40-12)28(38)22(7)42-24)19(4)30(39)44-27-20(5)34(16,46-33)35-21(27)6/h16-29,31,35,37-38H,13-15H2,1-12H3/t16-,17-,18+,19-,20-,21-,22+,23+,24+,25-,26+,27-,28+,29-,31+,32-,33-,34+/m1/s1. The summed E-state index contributed by atoms with van der Waals surface area (Å²) in [6, 6.07) is -0.299. The molecule has 5 rings (SSSR count). The lowest BCUT2D eigenvalue weighted by molar-refractivity contribution is -0.321. The minimum atomic E-state index is -0.928. The number of aliphatic hydroxyl groups excluding tert-OH is 2. The summed E-state index contributed by atoms with van der Waals surface area (Å²) in [6.45, 7) is 17.8. The monoisotopic (exact) mass is 656 g/mol. The summed E-state index contributed by atoms with van der Waals surface area (Å²) >= 11 is 0. The molecule has 18 atom stereocenters. The van der Waals surface area contributed by atoms with Gasteiger partial charge in [-0.3, -0.25) is 10.1 Å². The van der Waals surface area contributed by atoms with Gasteiger partial charge in [-0.25, -0.2) is 0 Å². The summed E-state index contributed by atoms with van der Waals surface area (Å²) in [7, 11) is 5.46. The van der Waals surface area contributed by atoms with E-state index in [2.05, 4.69) is 26.1 Å². The summed E-state index contributed by atoms with van der Waals surface area (Å²) in [6.07, 6.45) is -4.40. The van der Waals surface area contributed by atoms with Crippen LogP contribution in [0.15, 0.2) is 0 Å². The lowest BCUT2D eigenvalue weighted by atomic mass is 9.77. The van der Waals surface area contributed by atoms with E-state index in [1.54, 1.807) is 14.0 Å². The van der Waals surface area contributed by atoms with Crippen LogP contribution in [0.1, 0.15) is 81.6 Å². The van der Waals surface area contributed by atoms with Gasteiger partial charge in [-0.1, -0.05) is 20.8 Å². The van der Waals surface area contributed by atoms with E-state index in [1.807, 2.05) is 53.6 Å². The molecule has 0 aromatic carbocycles. The van der Waals surface area contributed by atoms with E-state index in [1.165, 1.54) is 0 Å². The Labute approximate surface area is 275 Å². The highest BCUT2D eigenvalue weighted by Gasteiger charge is 2.66. The molecule has 5 fully saturated rings. The number of carbonyl (C=O) groups excluding carboxylic acids is 1. The maximum absolute atomic E-state index is 14.0. The van der Waals surface area contributed by atoms with Crippen molar-refractivity contribution in [2.24, 2.45) is 23.7 Å². The van der Waals surface area contributed by atoms with Crippen LogP contribution < -0.4 is 5.32 Å². The summed E-state index contributed by atoms with van der Waals surface area (Å²) in [5, 5.41) is 26.1. The van der Waals surface area contributed by atoms with Gasteiger partial charge < -0.3 is 48.3 Å². The van der Waals surface area contributed by atoms with Gasteiger partial charge >= 0.3 is 5.97 Å². The van der Waals surface area contributed by atoms with E-state index >= 15 is 0 Å². The zero-order valence-corrected chi connectivity index (χ0v) is 29.9. The van der Waals surface area contributed by atoms with Crippen molar-refractivity contribution < 1.29 is 48.2 Å². The number of rotatable bonds is 6. The van der Waals surface area contributed by atoms with Gasteiger partial charge in [-0.2, -0.15) is 0 Å².